The molecule has 17 heavy (non-hydrogen) atoms. The highest BCUT2D eigenvalue weighted by atomic mass is 79.9. The van der Waals surface area contributed by atoms with Crippen LogP contribution in [0.5, 0.6) is 17.2 Å². The van der Waals surface area contributed by atoms with Gasteiger partial charge in [-0.1, -0.05) is 0 Å². The molecule has 6 heteroatoms. The standard InChI is InChI=1S/C11H16BrNO4/c1-13-5-7(14)9-10(15)6(12)4-8(16-2)11(9)17-3/h4,7,13-15H,5H2,1-3H3. The fourth-order valence-electron chi connectivity index (χ4n) is 1.58. The summed E-state index contributed by atoms with van der Waals surface area (Å²) in [5.74, 6) is 0.726. The molecule has 1 aromatic carbocycles. The minimum atomic E-state index is -0.888. The monoisotopic (exact) mass is 305 g/mol. The van der Waals surface area contributed by atoms with Gasteiger partial charge in [0.1, 0.15) is 5.75 Å². The average Bonchev–Trinajstić information content (AvgIpc) is 2.31. The summed E-state index contributed by atoms with van der Waals surface area (Å²) in [5.41, 5.74) is 0.299. The quantitative estimate of drug-likeness (QED) is 0.767. The van der Waals surface area contributed by atoms with Gasteiger partial charge in [-0.3, -0.25) is 0 Å². The number of likely N-dealkylation sites (N-methyl/N-ethyl adjacent to an activating group) is 1. The number of hydrogen-bond donors (Lipinski definition) is 3. The second-order valence-electron chi connectivity index (χ2n) is 3.43. The van der Waals surface area contributed by atoms with Crippen molar-refractivity contribution in [2.45, 2.75) is 6.10 Å². The molecule has 96 valence electrons. The van der Waals surface area contributed by atoms with Crippen molar-refractivity contribution >= 4 is 15.9 Å². The minimum absolute atomic E-state index is 0.0506. The zero-order chi connectivity index (χ0) is 13.0. The molecule has 0 amide bonds. The van der Waals surface area contributed by atoms with Crippen LogP contribution in [0.2, 0.25) is 0 Å². The van der Waals surface area contributed by atoms with E-state index in [1.54, 1.807) is 13.1 Å². The Hall–Kier alpha value is -0.980. The van der Waals surface area contributed by atoms with Gasteiger partial charge in [0.05, 0.1) is 30.4 Å². The Morgan fingerprint density at radius 2 is 2.06 bits per heavy atom. The molecule has 0 saturated carbocycles. The van der Waals surface area contributed by atoms with Crippen LogP contribution in [0.1, 0.15) is 11.7 Å². The van der Waals surface area contributed by atoms with E-state index in [0.717, 1.165) is 0 Å². The van der Waals surface area contributed by atoms with Crippen molar-refractivity contribution in [3.8, 4) is 17.2 Å². The van der Waals surface area contributed by atoms with E-state index in [-0.39, 0.29) is 5.75 Å². The van der Waals surface area contributed by atoms with Gasteiger partial charge >= 0.3 is 0 Å². The van der Waals surface area contributed by atoms with E-state index in [9.17, 15) is 10.2 Å². The van der Waals surface area contributed by atoms with Crippen LogP contribution in [0.15, 0.2) is 10.5 Å². The van der Waals surface area contributed by atoms with Crippen LogP contribution in [0.3, 0.4) is 0 Å². The Morgan fingerprint density at radius 1 is 1.41 bits per heavy atom. The number of phenolic OH excluding ortho intramolecular Hbond substituents is 1. The van der Waals surface area contributed by atoms with E-state index >= 15 is 0 Å². The van der Waals surface area contributed by atoms with Gasteiger partial charge in [0.25, 0.3) is 0 Å². The van der Waals surface area contributed by atoms with Crippen molar-refractivity contribution in [2.75, 3.05) is 27.8 Å². The first-order valence-corrected chi connectivity index (χ1v) is 5.82. The number of phenols is 1. The molecule has 1 atom stereocenters. The number of halogens is 1. The summed E-state index contributed by atoms with van der Waals surface area (Å²) in [6.07, 6.45) is -0.888. The molecule has 0 heterocycles. The van der Waals surface area contributed by atoms with Gasteiger partial charge in [-0.15, -0.1) is 0 Å². The Morgan fingerprint density at radius 3 is 2.53 bits per heavy atom. The third-order valence-electron chi connectivity index (χ3n) is 2.36. The van der Waals surface area contributed by atoms with Gasteiger partial charge in [-0.05, 0) is 23.0 Å². The minimum Gasteiger partial charge on any atom is -0.506 e. The van der Waals surface area contributed by atoms with E-state index in [2.05, 4.69) is 21.2 Å². The fraction of sp³-hybridized carbons (Fsp3) is 0.455. The second kappa shape index (κ2) is 6.09. The largest absolute Gasteiger partial charge is 0.506 e. The van der Waals surface area contributed by atoms with Gasteiger partial charge in [0, 0.05) is 12.6 Å². The molecule has 0 fully saturated rings. The van der Waals surface area contributed by atoms with E-state index < -0.39 is 6.10 Å². The lowest BCUT2D eigenvalue weighted by molar-refractivity contribution is 0.168. The van der Waals surface area contributed by atoms with Crippen molar-refractivity contribution in [1.29, 1.82) is 0 Å². The lowest BCUT2D eigenvalue weighted by atomic mass is 10.1. The van der Waals surface area contributed by atoms with Gasteiger partial charge in [-0.2, -0.15) is 0 Å². The summed E-state index contributed by atoms with van der Waals surface area (Å²) in [6.45, 7) is 0.295. The Kier molecular flexibility index (Phi) is 5.04. The van der Waals surface area contributed by atoms with Crippen molar-refractivity contribution in [2.24, 2.45) is 0 Å². The Balaban J connectivity index is 3.37. The number of methoxy groups -OCH3 is 2. The molecule has 0 saturated heterocycles. The molecule has 1 rings (SSSR count). The summed E-state index contributed by atoms with van der Waals surface area (Å²) >= 11 is 3.20. The molecule has 0 aliphatic rings. The highest BCUT2D eigenvalue weighted by Gasteiger charge is 2.23. The number of hydrogen-bond acceptors (Lipinski definition) is 5. The SMILES string of the molecule is CNCC(O)c1c(O)c(Br)cc(OC)c1OC. The molecule has 0 radical (unpaired) electrons. The van der Waals surface area contributed by atoms with Crippen LogP contribution < -0.4 is 14.8 Å². The lowest BCUT2D eigenvalue weighted by Gasteiger charge is -2.19. The molecular weight excluding hydrogens is 290 g/mol. The Labute approximate surface area is 108 Å². The van der Waals surface area contributed by atoms with Crippen molar-refractivity contribution < 1.29 is 19.7 Å². The topological polar surface area (TPSA) is 71.0 Å². The first-order chi connectivity index (χ1) is 8.06. The maximum Gasteiger partial charge on any atom is 0.170 e. The fourth-order valence-corrected chi connectivity index (χ4v) is 2.01. The number of aliphatic hydroxyl groups excluding tert-OH is 1. The zero-order valence-corrected chi connectivity index (χ0v) is 11.5. The van der Waals surface area contributed by atoms with Crippen LogP contribution in [0, 0.1) is 0 Å². The molecule has 0 aliphatic heterocycles. The van der Waals surface area contributed by atoms with Crippen molar-refractivity contribution in [3.63, 3.8) is 0 Å². The number of rotatable bonds is 5. The van der Waals surface area contributed by atoms with E-state index in [1.165, 1.54) is 14.2 Å². The smallest absolute Gasteiger partial charge is 0.170 e. The Bertz CT molecular complexity index is 398. The summed E-state index contributed by atoms with van der Waals surface area (Å²) in [5, 5.41) is 22.8. The summed E-state index contributed by atoms with van der Waals surface area (Å²) in [7, 11) is 4.67. The normalized spacial score (nSPS) is 12.3. The van der Waals surface area contributed by atoms with Gasteiger partial charge < -0.3 is 25.0 Å². The van der Waals surface area contributed by atoms with E-state index in [0.29, 0.717) is 28.1 Å². The maximum absolute atomic E-state index is 9.98. The van der Waals surface area contributed by atoms with E-state index in [1.807, 2.05) is 0 Å². The molecule has 3 N–H and O–H groups in total. The number of benzene rings is 1. The highest BCUT2D eigenvalue weighted by Crippen LogP contribution is 2.45. The van der Waals surface area contributed by atoms with Crippen LogP contribution in [0.25, 0.3) is 0 Å². The highest BCUT2D eigenvalue weighted by molar-refractivity contribution is 9.10. The number of ether oxygens (including phenoxy) is 2. The van der Waals surface area contributed by atoms with Crippen LogP contribution >= 0.6 is 15.9 Å². The molecule has 5 nitrogen and oxygen atoms in total. The van der Waals surface area contributed by atoms with Gasteiger partial charge in [-0.25, -0.2) is 0 Å². The third-order valence-corrected chi connectivity index (χ3v) is 2.97. The van der Waals surface area contributed by atoms with E-state index in [4.69, 9.17) is 9.47 Å². The molecule has 0 aromatic heterocycles. The molecular formula is C11H16BrNO4. The first kappa shape index (κ1) is 14.1. The molecule has 0 aliphatic carbocycles. The molecule has 1 aromatic rings. The molecule has 0 spiro atoms. The number of aliphatic hydroxyl groups is 1. The predicted molar refractivity (Wildman–Crippen MR) is 67.8 cm³/mol. The first-order valence-electron chi connectivity index (χ1n) is 5.02. The van der Waals surface area contributed by atoms with Crippen LogP contribution in [-0.2, 0) is 0 Å². The summed E-state index contributed by atoms with van der Waals surface area (Å²) < 4.78 is 10.8. The van der Waals surface area contributed by atoms with Gasteiger partial charge in [0.15, 0.2) is 11.5 Å². The molecule has 0 bridgehead atoms. The summed E-state index contributed by atoms with van der Waals surface area (Å²) in [6, 6.07) is 1.59. The van der Waals surface area contributed by atoms with Gasteiger partial charge in [0.2, 0.25) is 0 Å². The van der Waals surface area contributed by atoms with Crippen molar-refractivity contribution in [3.05, 3.63) is 16.1 Å². The summed E-state index contributed by atoms with van der Waals surface area (Å²) in [4.78, 5) is 0. The number of nitrogens with one attached hydrogen (secondary N) is 1. The van der Waals surface area contributed by atoms with Crippen molar-refractivity contribution in [1.82, 2.24) is 5.32 Å². The zero-order valence-electron chi connectivity index (χ0n) is 9.95. The van der Waals surface area contributed by atoms with Crippen LogP contribution in [-0.4, -0.2) is 38.0 Å². The van der Waals surface area contributed by atoms with Crippen LogP contribution in [0.4, 0.5) is 0 Å². The second-order valence-corrected chi connectivity index (χ2v) is 4.28. The molecule has 1 unspecified atom stereocenters. The predicted octanol–water partition coefficient (Wildman–Crippen LogP) is 1.42. The maximum atomic E-state index is 9.98. The lowest BCUT2D eigenvalue weighted by Crippen LogP contribution is -2.17. The average molecular weight is 306 g/mol. The third kappa shape index (κ3) is 2.83. The number of aromatic hydroxyl groups is 1.